The van der Waals surface area contributed by atoms with E-state index in [0.717, 1.165) is 0 Å². The zero-order chi connectivity index (χ0) is 14.3. The number of methoxy groups -OCH3 is 2. The van der Waals surface area contributed by atoms with E-state index in [9.17, 15) is 5.11 Å². The molecule has 1 aromatic carbocycles. The summed E-state index contributed by atoms with van der Waals surface area (Å²) in [4.78, 5) is 0. The van der Waals surface area contributed by atoms with Crippen LogP contribution in [0.5, 0.6) is 17.2 Å². The normalized spacial score (nSPS) is 13.7. The molecule has 0 spiro atoms. The Morgan fingerprint density at radius 2 is 1.79 bits per heavy atom. The molecule has 5 nitrogen and oxygen atoms in total. The Morgan fingerprint density at radius 1 is 1.21 bits per heavy atom. The molecular weight excluding hydrogens is 246 g/mol. The minimum absolute atomic E-state index is 0.241. The van der Waals surface area contributed by atoms with Crippen molar-refractivity contribution in [1.82, 2.24) is 0 Å². The third kappa shape index (κ3) is 4.61. The fourth-order valence-corrected chi connectivity index (χ4v) is 1.69. The summed E-state index contributed by atoms with van der Waals surface area (Å²) in [5.74, 6) is 1.84. The fourth-order valence-electron chi connectivity index (χ4n) is 1.69. The van der Waals surface area contributed by atoms with Gasteiger partial charge in [-0.3, -0.25) is 0 Å². The summed E-state index contributed by atoms with van der Waals surface area (Å²) in [6.45, 7) is 2.43. The highest BCUT2D eigenvalue weighted by Crippen LogP contribution is 2.36. The Balaban J connectivity index is 2.57. The lowest BCUT2D eigenvalue weighted by molar-refractivity contribution is 0.0534. The molecule has 0 aliphatic carbocycles. The van der Waals surface area contributed by atoms with E-state index in [2.05, 4.69) is 0 Å². The Hall–Kier alpha value is -1.46. The number of para-hydroxylation sites is 1. The number of hydrogen-bond donors (Lipinski definition) is 2. The van der Waals surface area contributed by atoms with E-state index in [0.29, 0.717) is 36.7 Å². The highest BCUT2D eigenvalue weighted by molar-refractivity contribution is 5.51. The second-order valence-corrected chi connectivity index (χ2v) is 4.64. The predicted octanol–water partition coefficient (Wildman–Crippen LogP) is 1.57. The molecular formula is C14H23NO4. The number of ether oxygens (including phenoxy) is 3. The third-order valence-corrected chi connectivity index (χ3v) is 2.93. The van der Waals surface area contributed by atoms with E-state index in [1.54, 1.807) is 21.1 Å². The van der Waals surface area contributed by atoms with Crippen LogP contribution in [-0.4, -0.2) is 38.1 Å². The van der Waals surface area contributed by atoms with Gasteiger partial charge in [0.05, 0.1) is 26.4 Å². The monoisotopic (exact) mass is 269 g/mol. The summed E-state index contributed by atoms with van der Waals surface area (Å²) < 4.78 is 16.2. The highest BCUT2D eigenvalue weighted by Gasteiger charge is 2.17. The predicted molar refractivity (Wildman–Crippen MR) is 74.0 cm³/mol. The minimum Gasteiger partial charge on any atom is -0.493 e. The molecule has 0 amide bonds. The summed E-state index contributed by atoms with van der Waals surface area (Å²) in [5, 5.41) is 9.79. The third-order valence-electron chi connectivity index (χ3n) is 2.93. The van der Waals surface area contributed by atoms with Crippen LogP contribution in [0.3, 0.4) is 0 Å². The second kappa shape index (κ2) is 7.21. The van der Waals surface area contributed by atoms with E-state index in [4.69, 9.17) is 19.9 Å². The van der Waals surface area contributed by atoms with Gasteiger partial charge in [-0.2, -0.15) is 0 Å². The van der Waals surface area contributed by atoms with Crippen LogP contribution in [0, 0.1) is 0 Å². The highest BCUT2D eigenvalue weighted by atomic mass is 16.5. The smallest absolute Gasteiger partial charge is 0.203 e. The van der Waals surface area contributed by atoms with Gasteiger partial charge >= 0.3 is 0 Å². The number of hydrogen-bond acceptors (Lipinski definition) is 5. The Labute approximate surface area is 114 Å². The average molecular weight is 269 g/mol. The molecule has 5 heteroatoms. The van der Waals surface area contributed by atoms with Gasteiger partial charge in [-0.1, -0.05) is 6.07 Å². The van der Waals surface area contributed by atoms with Crippen LogP contribution in [0.15, 0.2) is 18.2 Å². The fraction of sp³-hybridized carbons (Fsp3) is 0.571. The van der Waals surface area contributed by atoms with Crippen molar-refractivity contribution in [2.24, 2.45) is 5.73 Å². The van der Waals surface area contributed by atoms with Gasteiger partial charge in [-0.25, -0.2) is 0 Å². The number of nitrogens with two attached hydrogens (primary N) is 1. The van der Waals surface area contributed by atoms with Crippen molar-refractivity contribution in [1.29, 1.82) is 0 Å². The van der Waals surface area contributed by atoms with Crippen LogP contribution in [0.25, 0.3) is 0 Å². The van der Waals surface area contributed by atoms with E-state index in [1.165, 1.54) is 0 Å². The molecule has 0 saturated carbocycles. The van der Waals surface area contributed by atoms with E-state index in [1.807, 2.05) is 18.2 Å². The van der Waals surface area contributed by atoms with Crippen LogP contribution in [-0.2, 0) is 0 Å². The molecule has 3 N–H and O–H groups in total. The van der Waals surface area contributed by atoms with Crippen molar-refractivity contribution in [2.75, 3.05) is 27.4 Å². The minimum atomic E-state index is -0.839. The second-order valence-electron chi connectivity index (χ2n) is 4.64. The Kier molecular flexibility index (Phi) is 5.92. The van der Waals surface area contributed by atoms with Crippen LogP contribution < -0.4 is 19.9 Å². The molecule has 0 fully saturated rings. The number of benzene rings is 1. The molecule has 0 radical (unpaired) electrons. The zero-order valence-electron chi connectivity index (χ0n) is 11.8. The molecule has 1 unspecified atom stereocenters. The van der Waals surface area contributed by atoms with Gasteiger partial charge in [0.2, 0.25) is 5.75 Å². The maximum absolute atomic E-state index is 9.79. The maximum atomic E-state index is 9.79. The molecule has 0 heterocycles. The molecule has 0 aliphatic heterocycles. The van der Waals surface area contributed by atoms with E-state index >= 15 is 0 Å². The molecule has 19 heavy (non-hydrogen) atoms. The van der Waals surface area contributed by atoms with Gasteiger partial charge in [0.1, 0.15) is 0 Å². The summed E-state index contributed by atoms with van der Waals surface area (Å²) >= 11 is 0. The maximum Gasteiger partial charge on any atom is 0.203 e. The quantitative estimate of drug-likeness (QED) is 0.701. The first kappa shape index (κ1) is 15.6. The van der Waals surface area contributed by atoms with Gasteiger partial charge in [0, 0.05) is 6.54 Å². The van der Waals surface area contributed by atoms with Gasteiger partial charge < -0.3 is 25.1 Å². The van der Waals surface area contributed by atoms with Crippen molar-refractivity contribution in [3.8, 4) is 17.2 Å². The Morgan fingerprint density at radius 3 is 2.26 bits per heavy atom. The first-order valence-electron chi connectivity index (χ1n) is 6.30. The van der Waals surface area contributed by atoms with Gasteiger partial charge in [0.25, 0.3) is 0 Å². The lowest BCUT2D eigenvalue weighted by atomic mass is 10.0. The van der Waals surface area contributed by atoms with Gasteiger partial charge in [-0.15, -0.1) is 0 Å². The van der Waals surface area contributed by atoms with Crippen molar-refractivity contribution >= 4 is 0 Å². The van der Waals surface area contributed by atoms with Crippen molar-refractivity contribution < 1.29 is 19.3 Å². The topological polar surface area (TPSA) is 73.9 Å². The lowest BCUT2D eigenvalue weighted by Crippen LogP contribution is -2.34. The summed E-state index contributed by atoms with van der Waals surface area (Å²) in [5.41, 5.74) is 4.62. The average Bonchev–Trinajstić information content (AvgIpc) is 2.43. The molecule has 0 saturated heterocycles. The van der Waals surface area contributed by atoms with Crippen LogP contribution in [0.2, 0.25) is 0 Å². The van der Waals surface area contributed by atoms with Crippen molar-refractivity contribution in [3.63, 3.8) is 0 Å². The van der Waals surface area contributed by atoms with Crippen LogP contribution >= 0.6 is 0 Å². The Bertz CT molecular complexity index is 371. The molecule has 0 bridgehead atoms. The lowest BCUT2D eigenvalue weighted by Gasteiger charge is -2.21. The van der Waals surface area contributed by atoms with Gasteiger partial charge in [-0.05, 0) is 31.9 Å². The standard InChI is InChI=1S/C14H23NO4/c1-14(16,10-15)8-5-9-19-13-11(17-2)6-4-7-12(13)18-3/h4,6-7,16H,5,8-10,15H2,1-3H3. The van der Waals surface area contributed by atoms with Crippen molar-refractivity contribution in [3.05, 3.63) is 18.2 Å². The largest absolute Gasteiger partial charge is 0.493 e. The number of aliphatic hydroxyl groups is 1. The first-order chi connectivity index (χ1) is 9.04. The van der Waals surface area contributed by atoms with E-state index < -0.39 is 5.60 Å². The zero-order valence-corrected chi connectivity index (χ0v) is 11.8. The molecule has 1 rings (SSSR count). The van der Waals surface area contributed by atoms with Crippen LogP contribution in [0.1, 0.15) is 19.8 Å². The van der Waals surface area contributed by atoms with Crippen molar-refractivity contribution in [2.45, 2.75) is 25.4 Å². The molecule has 1 aromatic rings. The number of rotatable bonds is 8. The van der Waals surface area contributed by atoms with E-state index in [-0.39, 0.29) is 6.54 Å². The molecule has 108 valence electrons. The summed E-state index contributed by atoms with van der Waals surface area (Å²) in [7, 11) is 3.17. The summed E-state index contributed by atoms with van der Waals surface area (Å²) in [6.07, 6.45) is 1.28. The SMILES string of the molecule is COc1cccc(OC)c1OCCCC(C)(O)CN. The molecule has 0 aromatic heterocycles. The van der Waals surface area contributed by atoms with Gasteiger partial charge in [0.15, 0.2) is 11.5 Å². The first-order valence-corrected chi connectivity index (χ1v) is 6.30. The molecule has 0 aliphatic rings. The molecule has 1 atom stereocenters. The summed E-state index contributed by atoms with van der Waals surface area (Å²) in [6, 6.07) is 5.46. The van der Waals surface area contributed by atoms with Crippen LogP contribution in [0.4, 0.5) is 0 Å².